The number of amides is 1. The maximum absolute atomic E-state index is 12.0. The molecule has 2 heterocycles. The van der Waals surface area contributed by atoms with Gasteiger partial charge in [-0.15, -0.1) is 0 Å². The van der Waals surface area contributed by atoms with Crippen LogP contribution in [0.25, 0.3) is 0 Å². The van der Waals surface area contributed by atoms with Crippen molar-refractivity contribution in [3.05, 3.63) is 23.7 Å². The van der Waals surface area contributed by atoms with Crippen LogP contribution < -0.4 is 0 Å². The van der Waals surface area contributed by atoms with E-state index in [9.17, 15) is 9.59 Å². The first-order valence-electron chi connectivity index (χ1n) is 5.69. The number of piperidine rings is 1. The maximum atomic E-state index is 12.0. The van der Waals surface area contributed by atoms with Crippen LogP contribution in [0.15, 0.2) is 16.7 Å². The molecule has 0 radical (unpaired) electrons. The monoisotopic (exact) mass is 237 g/mol. The first-order valence-corrected chi connectivity index (χ1v) is 5.69. The smallest absolute Gasteiger partial charge is 0.338 e. The Morgan fingerprint density at radius 3 is 2.59 bits per heavy atom. The predicted molar refractivity (Wildman–Crippen MR) is 60.0 cm³/mol. The van der Waals surface area contributed by atoms with Crippen molar-refractivity contribution in [2.24, 2.45) is 5.92 Å². The number of carbonyl (C=O) groups is 2. The number of furan rings is 1. The summed E-state index contributed by atoms with van der Waals surface area (Å²) >= 11 is 0. The van der Waals surface area contributed by atoms with Gasteiger partial charge in [0.1, 0.15) is 6.26 Å². The Balaban J connectivity index is 2.06. The number of carboxylic acid groups (broad SMARTS) is 1. The molecule has 17 heavy (non-hydrogen) atoms. The van der Waals surface area contributed by atoms with Gasteiger partial charge in [-0.3, -0.25) is 4.79 Å². The molecule has 1 N–H and O–H groups in total. The summed E-state index contributed by atoms with van der Waals surface area (Å²) in [5, 5.41) is 8.74. The number of hydrogen-bond donors (Lipinski definition) is 1. The molecule has 1 saturated heterocycles. The van der Waals surface area contributed by atoms with Crippen molar-refractivity contribution in [1.82, 2.24) is 4.90 Å². The molecule has 0 aliphatic carbocycles. The summed E-state index contributed by atoms with van der Waals surface area (Å²) in [4.78, 5) is 24.4. The average molecular weight is 237 g/mol. The minimum atomic E-state index is -1.08. The van der Waals surface area contributed by atoms with Gasteiger partial charge in [0, 0.05) is 19.2 Å². The SMILES string of the molecule is CC1CCN(C(=O)c2cc(C(=O)O)co2)CC1. The second-order valence-electron chi connectivity index (χ2n) is 4.48. The number of aromatic carboxylic acids is 1. The summed E-state index contributed by atoms with van der Waals surface area (Å²) in [6.07, 6.45) is 3.07. The maximum Gasteiger partial charge on any atom is 0.338 e. The summed E-state index contributed by atoms with van der Waals surface area (Å²) in [6, 6.07) is 1.28. The third-order valence-corrected chi connectivity index (χ3v) is 3.13. The molecule has 1 aromatic heterocycles. The molecular weight excluding hydrogens is 222 g/mol. The minimum absolute atomic E-state index is 0.0127. The molecule has 5 heteroatoms. The summed E-state index contributed by atoms with van der Waals surface area (Å²) in [6.45, 7) is 3.59. The molecule has 0 saturated carbocycles. The zero-order chi connectivity index (χ0) is 12.4. The van der Waals surface area contributed by atoms with Gasteiger partial charge in [0.05, 0.1) is 5.56 Å². The van der Waals surface area contributed by atoms with Crippen LogP contribution in [0, 0.1) is 5.92 Å². The fourth-order valence-electron chi connectivity index (χ4n) is 1.93. The van der Waals surface area contributed by atoms with Gasteiger partial charge in [0.2, 0.25) is 0 Å². The van der Waals surface area contributed by atoms with Crippen LogP contribution in [-0.4, -0.2) is 35.0 Å². The molecule has 1 aliphatic rings. The van der Waals surface area contributed by atoms with Gasteiger partial charge in [-0.1, -0.05) is 6.92 Å². The molecule has 1 fully saturated rings. The molecule has 1 amide bonds. The predicted octanol–water partition coefficient (Wildman–Crippen LogP) is 1.85. The van der Waals surface area contributed by atoms with Crippen LogP contribution >= 0.6 is 0 Å². The van der Waals surface area contributed by atoms with E-state index in [2.05, 4.69) is 6.92 Å². The Labute approximate surface area is 99.0 Å². The number of carboxylic acids is 1. The number of nitrogens with zero attached hydrogens (tertiary/aromatic N) is 1. The highest BCUT2D eigenvalue weighted by Gasteiger charge is 2.24. The van der Waals surface area contributed by atoms with Crippen molar-refractivity contribution < 1.29 is 19.1 Å². The lowest BCUT2D eigenvalue weighted by Gasteiger charge is -2.29. The van der Waals surface area contributed by atoms with Crippen LogP contribution in [0.1, 0.15) is 40.7 Å². The minimum Gasteiger partial charge on any atom is -0.478 e. The standard InChI is InChI=1S/C12H15NO4/c1-8-2-4-13(5-3-8)11(14)10-6-9(7-17-10)12(15)16/h6-8H,2-5H2,1H3,(H,15,16). The highest BCUT2D eigenvalue weighted by molar-refractivity contribution is 5.95. The molecule has 0 bridgehead atoms. The van der Waals surface area contributed by atoms with Gasteiger partial charge >= 0.3 is 5.97 Å². The van der Waals surface area contributed by atoms with Crippen LogP contribution in [0.2, 0.25) is 0 Å². The lowest BCUT2D eigenvalue weighted by Crippen LogP contribution is -2.37. The Morgan fingerprint density at radius 2 is 2.06 bits per heavy atom. The zero-order valence-electron chi connectivity index (χ0n) is 9.68. The third kappa shape index (κ3) is 2.49. The Morgan fingerprint density at radius 1 is 1.41 bits per heavy atom. The van der Waals surface area contributed by atoms with Gasteiger partial charge in [-0.25, -0.2) is 4.79 Å². The molecular formula is C12H15NO4. The molecule has 2 rings (SSSR count). The van der Waals surface area contributed by atoms with Gasteiger partial charge in [0.15, 0.2) is 5.76 Å². The fourth-order valence-corrected chi connectivity index (χ4v) is 1.93. The topological polar surface area (TPSA) is 70.8 Å². The summed E-state index contributed by atoms with van der Waals surface area (Å²) < 4.78 is 5.00. The molecule has 0 atom stereocenters. The van der Waals surface area contributed by atoms with Crippen LogP contribution in [0.5, 0.6) is 0 Å². The van der Waals surface area contributed by atoms with Crippen molar-refractivity contribution >= 4 is 11.9 Å². The Bertz CT molecular complexity index is 429. The summed E-state index contributed by atoms with van der Waals surface area (Å²) in [7, 11) is 0. The quantitative estimate of drug-likeness (QED) is 0.852. The molecule has 92 valence electrons. The Hall–Kier alpha value is -1.78. The molecule has 0 spiro atoms. The van der Waals surface area contributed by atoms with Crippen LogP contribution in [0.3, 0.4) is 0 Å². The second-order valence-corrected chi connectivity index (χ2v) is 4.48. The molecule has 0 aromatic carbocycles. The first kappa shape index (κ1) is 11.7. The number of likely N-dealkylation sites (tertiary alicyclic amines) is 1. The number of carbonyl (C=O) groups excluding carboxylic acids is 1. The normalized spacial score (nSPS) is 17.1. The van der Waals surface area contributed by atoms with E-state index >= 15 is 0 Å². The molecule has 0 unspecified atom stereocenters. The van der Waals surface area contributed by atoms with E-state index in [0.717, 1.165) is 19.1 Å². The molecule has 1 aliphatic heterocycles. The third-order valence-electron chi connectivity index (χ3n) is 3.13. The van der Waals surface area contributed by atoms with E-state index in [0.29, 0.717) is 19.0 Å². The average Bonchev–Trinajstić information content (AvgIpc) is 2.78. The van der Waals surface area contributed by atoms with Crippen LogP contribution in [-0.2, 0) is 0 Å². The van der Waals surface area contributed by atoms with E-state index in [1.165, 1.54) is 6.07 Å². The van der Waals surface area contributed by atoms with Crippen molar-refractivity contribution in [1.29, 1.82) is 0 Å². The van der Waals surface area contributed by atoms with Crippen molar-refractivity contribution in [3.63, 3.8) is 0 Å². The largest absolute Gasteiger partial charge is 0.478 e. The number of rotatable bonds is 2. The fraction of sp³-hybridized carbons (Fsp3) is 0.500. The van der Waals surface area contributed by atoms with Crippen molar-refractivity contribution in [2.75, 3.05) is 13.1 Å². The lowest BCUT2D eigenvalue weighted by molar-refractivity contribution is 0.0663. The van der Waals surface area contributed by atoms with Gasteiger partial charge < -0.3 is 14.4 Å². The zero-order valence-corrected chi connectivity index (χ0v) is 9.68. The van der Waals surface area contributed by atoms with E-state index in [1.54, 1.807) is 4.90 Å². The lowest BCUT2D eigenvalue weighted by atomic mass is 9.99. The van der Waals surface area contributed by atoms with Crippen molar-refractivity contribution in [2.45, 2.75) is 19.8 Å². The van der Waals surface area contributed by atoms with E-state index < -0.39 is 5.97 Å². The summed E-state index contributed by atoms with van der Waals surface area (Å²) in [5.41, 5.74) is 0.0127. The molecule has 1 aromatic rings. The highest BCUT2D eigenvalue weighted by Crippen LogP contribution is 2.19. The van der Waals surface area contributed by atoms with Gasteiger partial charge in [-0.2, -0.15) is 0 Å². The van der Waals surface area contributed by atoms with Gasteiger partial charge in [-0.05, 0) is 18.8 Å². The van der Waals surface area contributed by atoms with Crippen molar-refractivity contribution in [3.8, 4) is 0 Å². The van der Waals surface area contributed by atoms with E-state index in [4.69, 9.17) is 9.52 Å². The highest BCUT2D eigenvalue weighted by atomic mass is 16.4. The van der Waals surface area contributed by atoms with E-state index in [1.807, 2.05) is 0 Å². The van der Waals surface area contributed by atoms with Gasteiger partial charge in [0.25, 0.3) is 5.91 Å². The second kappa shape index (κ2) is 4.61. The van der Waals surface area contributed by atoms with Crippen LogP contribution in [0.4, 0.5) is 0 Å². The molecule has 5 nitrogen and oxygen atoms in total. The Kier molecular flexibility index (Phi) is 3.17. The number of hydrogen-bond acceptors (Lipinski definition) is 3. The van der Waals surface area contributed by atoms with E-state index in [-0.39, 0.29) is 17.2 Å². The first-order chi connectivity index (χ1) is 8.08. The summed E-state index contributed by atoms with van der Waals surface area (Å²) in [5.74, 6) is -0.549.